The molecule has 0 aromatic heterocycles. The Morgan fingerprint density at radius 1 is 1.36 bits per heavy atom. The fourth-order valence-electron chi connectivity index (χ4n) is 2.91. The molecule has 0 spiro atoms. The minimum Gasteiger partial charge on any atom is -0.494 e. The van der Waals surface area contributed by atoms with Crippen LogP contribution in [-0.2, 0) is 0 Å². The summed E-state index contributed by atoms with van der Waals surface area (Å²) in [5.74, 6) is 1.06. The van der Waals surface area contributed by atoms with Crippen LogP contribution in [0.2, 0.25) is 0 Å². The van der Waals surface area contributed by atoms with Gasteiger partial charge < -0.3 is 14.7 Å². The first-order valence-electron chi connectivity index (χ1n) is 7.80. The molecule has 0 heterocycles. The van der Waals surface area contributed by atoms with E-state index in [0.717, 1.165) is 38.8 Å². The molecule has 2 rings (SSSR count). The molecule has 6 heteroatoms. The second kappa shape index (κ2) is 8.10. The third-order valence-corrected chi connectivity index (χ3v) is 4.17. The zero-order valence-electron chi connectivity index (χ0n) is 13.0. The molecule has 1 aliphatic carbocycles. The smallest absolute Gasteiger partial charge is 0.269 e. The average Bonchev–Trinajstić information content (AvgIpc) is 2.89. The second-order valence-corrected chi connectivity index (χ2v) is 5.97. The van der Waals surface area contributed by atoms with Gasteiger partial charge >= 0.3 is 0 Å². The molecule has 1 fully saturated rings. The van der Waals surface area contributed by atoms with E-state index in [1.54, 1.807) is 12.1 Å². The van der Waals surface area contributed by atoms with Crippen molar-refractivity contribution in [2.24, 2.45) is 5.92 Å². The van der Waals surface area contributed by atoms with Crippen LogP contribution in [0.25, 0.3) is 0 Å². The van der Waals surface area contributed by atoms with Crippen LogP contribution < -0.4 is 4.74 Å². The zero-order chi connectivity index (χ0) is 15.9. The molecule has 0 amide bonds. The molecule has 1 saturated carbocycles. The highest BCUT2D eigenvalue weighted by atomic mass is 16.6. The number of rotatable bonds is 8. The van der Waals surface area contributed by atoms with Gasteiger partial charge in [0, 0.05) is 25.2 Å². The van der Waals surface area contributed by atoms with E-state index < -0.39 is 4.92 Å². The lowest BCUT2D eigenvalue weighted by Gasteiger charge is -2.23. The van der Waals surface area contributed by atoms with Gasteiger partial charge in [-0.1, -0.05) is 6.42 Å². The van der Waals surface area contributed by atoms with E-state index in [4.69, 9.17) is 4.74 Å². The molecule has 1 aromatic carbocycles. The maximum absolute atomic E-state index is 10.6. The van der Waals surface area contributed by atoms with Crippen molar-refractivity contribution in [2.45, 2.75) is 31.8 Å². The van der Waals surface area contributed by atoms with Crippen molar-refractivity contribution in [1.29, 1.82) is 0 Å². The average molecular weight is 308 g/mol. The molecule has 2 unspecified atom stereocenters. The van der Waals surface area contributed by atoms with E-state index in [9.17, 15) is 15.2 Å². The standard InChI is InChI=1S/C16H24N2O4/c1-17(12-13-4-2-5-16(13)19)10-3-11-22-15-8-6-14(7-9-15)18(20)21/h6-9,13,16,19H,2-5,10-12H2,1H3. The van der Waals surface area contributed by atoms with Crippen molar-refractivity contribution in [3.8, 4) is 5.75 Å². The number of ether oxygens (including phenoxy) is 1. The number of aliphatic hydroxyl groups excluding tert-OH is 1. The van der Waals surface area contributed by atoms with Gasteiger partial charge in [-0.2, -0.15) is 0 Å². The fourth-order valence-corrected chi connectivity index (χ4v) is 2.91. The van der Waals surface area contributed by atoms with Crippen LogP contribution in [0.5, 0.6) is 5.75 Å². The van der Waals surface area contributed by atoms with Crippen LogP contribution in [0, 0.1) is 16.0 Å². The van der Waals surface area contributed by atoms with Crippen LogP contribution in [0.4, 0.5) is 5.69 Å². The monoisotopic (exact) mass is 308 g/mol. The van der Waals surface area contributed by atoms with Crippen LogP contribution in [-0.4, -0.2) is 47.8 Å². The van der Waals surface area contributed by atoms with Crippen molar-refractivity contribution in [3.63, 3.8) is 0 Å². The van der Waals surface area contributed by atoms with Gasteiger partial charge in [0.15, 0.2) is 0 Å². The fraction of sp³-hybridized carbons (Fsp3) is 0.625. The van der Waals surface area contributed by atoms with Gasteiger partial charge in [0.2, 0.25) is 0 Å². The van der Waals surface area contributed by atoms with Crippen molar-refractivity contribution >= 4 is 5.69 Å². The van der Waals surface area contributed by atoms with E-state index in [1.807, 2.05) is 0 Å². The molecule has 122 valence electrons. The molecule has 22 heavy (non-hydrogen) atoms. The second-order valence-electron chi connectivity index (χ2n) is 5.97. The summed E-state index contributed by atoms with van der Waals surface area (Å²) in [6.07, 6.45) is 3.92. The molecule has 0 aliphatic heterocycles. The van der Waals surface area contributed by atoms with Crippen molar-refractivity contribution < 1.29 is 14.8 Å². The summed E-state index contributed by atoms with van der Waals surface area (Å²) in [5.41, 5.74) is 0.0715. The number of nitro benzene ring substituents is 1. The Bertz CT molecular complexity index is 478. The number of hydrogen-bond acceptors (Lipinski definition) is 5. The first-order chi connectivity index (χ1) is 10.6. The van der Waals surface area contributed by atoms with Gasteiger partial charge in [-0.3, -0.25) is 10.1 Å². The summed E-state index contributed by atoms with van der Waals surface area (Å²) < 4.78 is 5.58. The molecule has 1 aromatic rings. The normalized spacial score (nSPS) is 21.2. The third kappa shape index (κ3) is 4.96. The van der Waals surface area contributed by atoms with Crippen molar-refractivity contribution in [2.75, 3.05) is 26.7 Å². The van der Waals surface area contributed by atoms with Gasteiger partial charge in [0.25, 0.3) is 5.69 Å². The van der Waals surface area contributed by atoms with Gasteiger partial charge in [-0.25, -0.2) is 0 Å². The quantitative estimate of drug-likeness (QED) is 0.453. The maximum Gasteiger partial charge on any atom is 0.269 e. The summed E-state index contributed by atoms with van der Waals surface area (Å²) in [6, 6.07) is 6.14. The maximum atomic E-state index is 10.6. The summed E-state index contributed by atoms with van der Waals surface area (Å²) in [4.78, 5) is 12.4. The predicted octanol–water partition coefficient (Wildman–Crippen LogP) is 2.46. The third-order valence-electron chi connectivity index (χ3n) is 4.17. The zero-order valence-corrected chi connectivity index (χ0v) is 13.0. The predicted molar refractivity (Wildman–Crippen MR) is 84.1 cm³/mol. The van der Waals surface area contributed by atoms with Crippen LogP contribution in [0.15, 0.2) is 24.3 Å². The van der Waals surface area contributed by atoms with Crippen molar-refractivity contribution in [3.05, 3.63) is 34.4 Å². The summed E-state index contributed by atoms with van der Waals surface area (Å²) in [7, 11) is 2.07. The van der Waals surface area contributed by atoms with E-state index in [1.165, 1.54) is 12.1 Å². The Morgan fingerprint density at radius 2 is 2.09 bits per heavy atom. The highest BCUT2D eigenvalue weighted by Crippen LogP contribution is 2.26. The Kier molecular flexibility index (Phi) is 6.15. The lowest BCUT2D eigenvalue weighted by Crippen LogP contribution is -2.31. The highest BCUT2D eigenvalue weighted by Gasteiger charge is 2.25. The molecular formula is C16H24N2O4. The first kappa shape index (κ1) is 16.7. The minimum absolute atomic E-state index is 0.0715. The van der Waals surface area contributed by atoms with Crippen molar-refractivity contribution in [1.82, 2.24) is 4.90 Å². The summed E-state index contributed by atoms with van der Waals surface area (Å²) in [5, 5.41) is 20.4. The largest absolute Gasteiger partial charge is 0.494 e. The lowest BCUT2D eigenvalue weighted by atomic mass is 10.1. The topological polar surface area (TPSA) is 75.8 Å². The van der Waals surface area contributed by atoms with Crippen LogP contribution in [0.3, 0.4) is 0 Å². The Hall–Kier alpha value is -1.66. The minimum atomic E-state index is -0.420. The first-order valence-corrected chi connectivity index (χ1v) is 7.80. The van der Waals surface area contributed by atoms with E-state index >= 15 is 0 Å². The highest BCUT2D eigenvalue weighted by molar-refractivity contribution is 5.35. The van der Waals surface area contributed by atoms with Crippen LogP contribution >= 0.6 is 0 Å². The lowest BCUT2D eigenvalue weighted by molar-refractivity contribution is -0.384. The molecule has 6 nitrogen and oxygen atoms in total. The molecule has 0 saturated heterocycles. The molecule has 0 bridgehead atoms. The molecule has 0 radical (unpaired) electrons. The summed E-state index contributed by atoms with van der Waals surface area (Å²) >= 11 is 0. The van der Waals surface area contributed by atoms with Crippen LogP contribution in [0.1, 0.15) is 25.7 Å². The van der Waals surface area contributed by atoms with E-state index in [0.29, 0.717) is 18.3 Å². The SMILES string of the molecule is CN(CCCOc1ccc([N+](=O)[O-])cc1)CC1CCCC1O. The molecule has 2 atom stereocenters. The van der Waals surface area contributed by atoms with E-state index in [2.05, 4.69) is 11.9 Å². The van der Waals surface area contributed by atoms with Gasteiger partial charge in [-0.15, -0.1) is 0 Å². The number of aliphatic hydroxyl groups is 1. The van der Waals surface area contributed by atoms with E-state index in [-0.39, 0.29) is 11.8 Å². The Balaban J connectivity index is 1.63. The van der Waals surface area contributed by atoms with Gasteiger partial charge in [0.1, 0.15) is 5.75 Å². The number of nitro groups is 1. The number of benzene rings is 1. The van der Waals surface area contributed by atoms with Gasteiger partial charge in [0.05, 0.1) is 17.6 Å². The Morgan fingerprint density at radius 3 is 2.68 bits per heavy atom. The molecule has 1 aliphatic rings. The number of nitrogens with zero attached hydrogens (tertiary/aromatic N) is 2. The van der Waals surface area contributed by atoms with Gasteiger partial charge in [-0.05, 0) is 44.4 Å². The number of non-ortho nitro benzene ring substituents is 1. The Labute approximate surface area is 130 Å². The molecular weight excluding hydrogens is 284 g/mol. The number of hydrogen-bond donors (Lipinski definition) is 1. The molecule has 1 N–H and O–H groups in total. The summed E-state index contributed by atoms with van der Waals surface area (Å²) in [6.45, 7) is 2.42.